The number of carboxylic acid groups (broad SMARTS) is 1. The van der Waals surface area contributed by atoms with Crippen LogP contribution in [0.4, 0.5) is 4.79 Å². The van der Waals surface area contributed by atoms with E-state index in [2.05, 4.69) is 10.5 Å². The van der Waals surface area contributed by atoms with E-state index in [9.17, 15) is 14.7 Å². The van der Waals surface area contributed by atoms with Gasteiger partial charge in [-0.25, -0.2) is 9.59 Å². The highest BCUT2D eigenvalue weighted by Gasteiger charge is 2.31. The first-order chi connectivity index (χ1) is 14.0. The molecule has 0 aromatic heterocycles. The largest absolute Gasteiger partial charge is 0.480 e. The fourth-order valence-corrected chi connectivity index (χ4v) is 4.00. The van der Waals surface area contributed by atoms with Crippen LogP contribution < -0.4 is 5.32 Å². The van der Waals surface area contributed by atoms with E-state index in [1.54, 1.807) is 0 Å². The summed E-state index contributed by atoms with van der Waals surface area (Å²) in [5.41, 5.74) is 4.41. The second-order valence-electron chi connectivity index (χ2n) is 7.00. The van der Waals surface area contributed by atoms with Crippen molar-refractivity contribution in [1.29, 1.82) is 0 Å². The number of nitrogens with zero attached hydrogens (tertiary/aromatic N) is 1. The molecule has 0 bridgehead atoms. The van der Waals surface area contributed by atoms with Crippen LogP contribution in [-0.4, -0.2) is 41.1 Å². The van der Waals surface area contributed by atoms with Gasteiger partial charge in [-0.2, -0.15) is 0 Å². The van der Waals surface area contributed by atoms with E-state index in [0.29, 0.717) is 6.42 Å². The molecule has 8 heteroatoms. The van der Waals surface area contributed by atoms with Crippen molar-refractivity contribution in [2.75, 3.05) is 6.61 Å². The number of halogens is 1. The molecule has 0 saturated carbocycles. The zero-order valence-electron chi connectivity index (χ0n) is 15.4. The summed E-state index contributed by atoms with van der Waals surface area (Å²) in [6.45, 7) is 0.112. The Balaban J connectivity index is 1.39. The number of hydrogen-bond donors (Lipinski definition) is 2. The van der Waals surface area contributed by atoms with Crippen molar-refractivity contribution >= 4 is 28.8 Å². The summed E-state index contributed by atoms with van der Waals surface area (Å²) in [5.74, 6) is -1.27. The average molecular weight is 415 g/mol. The van der Waals surface area contributed by atoms with E-state index in [1.807, 2.05) is 48.5 Å². The molecule has 0 fully saturated rings. The van der Waals surface area contributed by atoms with Crippen LogP contribution in [0.3, 0.4) is 0 Å². The van der Waals surface area contributed by atoms with Gasteiger partial charge in [-0.1, -0.05) is 65.3 Å². The molecule has 2 N–H and O–H groups in total. The summed E-state index contributed by atoms with van der Waals surface area (Å²) >= 11 is 5.75. The van der Waals surface area contributed by atoms with Crippen LogP contribution in [0.1, 0.15) is 29.9 Å². The number of carbonyl (C=O) groups excluding carboxylic acids is 1. The van der Waals surface area contributed by atoms with Gasteiger partial charge in [0.2, 0.25) is 0 Å². The number of aliphatic carboxylic acids is 1. The molecule has 0 spiro atoms. The van der Waals surface area contributed by atoms with Gasteiger partial charge >= 0.3 is 12.1 Å². The van der Waals surface area contributed by atoms with Crippen molar-refractivity contribution in [2.24, 2.45) is 5.16 Å². The van der Waals surface area contributed by atoms with Crippen molar-refractivity contribution in [3.05, 3.63) is 59.7 Å². The molecule has 2 aliphatic rings. The molecule has 7 nitrogen and oxygen atoms in total. The minimum Gasteiger partial charge on any atom is -0.480 e. The number of nitrogens with one attached hydrogen (secondary N) is 1. The van der Waals surface area contributed by atoms with Crippen LogP contribution in [0.25, 0.3) is 11.1 Å². The van der Waals surface area contributed by atoms with Gasteiger partial charge in [0, 0.05) is 18.8 Å². The topological polar surface area (TPSA) is 97.2 Å². The highest BCUT2D eigenvalue weighted by atomic mass is 35.5. The van der Waals surface area contributed by atoms with Gasteiger partial charge in [0.15, 0.2) is 0 Å². The van der Waals surface area contributed by atoms with E-state index < -0.39 is 24.2 Å². The molecule has 0 radical (unpaired) electrons. The fourth-order valence-electron chi connectivity index (χ4n) is 3.79. The van der Waals surface area contributed by atoms with Gasteiger partial charge in [0.05, 0.1) is 0 Å². The standard InChI is InChI=1S/C21H19ClN2O5/c22-19-10-12(29-24-19)9-18(20(25)26)23-21(27)28-11-17-15-7-3-1-5-13(15)14-6-2-4-8-16(14)17/h1-8,12,17-18H,9-11H2,(H,23,27)(H,25,26)/t12-,18-/m1/s1. The number of rotatable bonds is 6. The normalized spacial score (nSPS) is 18.2. The Bertz CT molecular complexity index is 932. The van der Waals surface area contributed by atoms with Crippen molar-refractivity contribution in [3.63, 3.8) is 0 Å². The van der Waals surface area contributed by atoms with Crippen molar-refractivity contribution in [2.45, 2.75) is 30.9 Å². The SMILES string of the molecule is O=C(N[C@H](C[C@@H]1CC(Cl)=NO1)C(=O)O)OCC1c2ccccc2-c2ccccc21. The van der Waals surface area contributed by atoms with Gasteiger partial charge in [0.25, 0.3) is 0 Å². The van der Waals surface area contributed by atoms with E-state index in [-0.39, 0.29) is 24.1 Å². The molecule has 2 aromatic carbocycles. The van der Waals surface area contributed by atoms with Crippen LogP contribution >= 0.6 is 11.6 Å². The number of benzene rings is 2. The fraction of sp³-hybridized carbons (Fsp3) is 0.286. The summed E-state index contributed by atoms with van der Waals surface area (Å²) in [6, 6.07) is 14.8. The molecule has 2 aromatic rings. The number of ether oxygens (including phenoxy) is 1. The average Bonchev–Trinajstić information content (AvgIpc) is 3.27. The van der Waals surface area contributed by atoms with Crippen molar-refractivity contribution in [3.8, 4) is 11.1 Å². The van der Waals surface area contributed by atoms with Gasteiger partial charge < -0.3 is 20.0 Å². The lowest BCUT2D eigenvalue weighted by Crippen LogP contribution is -2.43. The Labute approximate surface area is 172 Å². The van der Waals surface area contributed by atoms with E-state index in [1.165, 1.54) is 0 Å². The Morgan fingerprint density at radius 2 is 1.79 bits per heavy atom. The van der Waals surface area contributed by atoms with Gasteiger partial charge in [0.1, 0.15) is 23.9 Å². The Morgan fingerprint density at radius 1 is 1.17 bits per heavy atom. The Kier molecular flexibility index (Phi) is 5.40. The van der Waals surface area contributed by atoms with E-state index >= 15 is 0 Å². The maximum absolute atomic E-state index is 12.3. The molecular weight excluding hydrogens is 396 g/mol. The molecule has 1 heterocycles. The van der Waals surface area contributed by atoms with Crippen molar-refractivity contribution in [1.82, 2.24) is 5.32 Å². The molecule has 1 amide bonds. The van der Waals surface area contributed by atoms with Gasteiger partial charge in [-0.15, -0.1) is 0 Å². The molecule has 2 atom stereocenters. The molecule has 150 valence electrons. The lowest BCUT2D eigenvalue weighted by molar-refractivity contribution is -0.140. The maximum Gasteiger partial charge on any atom is 0.407 e. The van der Waals surface area contributed by atoms with Crippen LogP contribution in [0.15, 0.2) is 53.7 Å². The van der Waals surface area contributed by atoms with Crippen LogP contribution in [-0.2, 0) is 14.4 Å². The first-order valence-corrected chi connectivity index (χ1v) is 9.63. The minimum absolute atomic E-state index is 0.0409. The zero-order valence-corrected chi connectivity index (χ0v) is 16.1. The summed E-state index contributed by atoms with van der Waals surface area (Å²) in [7, 11) is 0. The third-order valence-electron chi connectivity index (χ3n) is 5.13. The maximum atomic E-state index is 12.3. The lowest BCUT2D eigenvalue weighted by atomic mass is 9.98. The predicted molar refractivity (Wildman–Crippen MR) is 107 cm³/mol. The molecule has 0 saturated heterocycles. The third-order valence-corrected chi connectivity index (χ3v) is 5.35. The molecule has 0 unspecified atom stereocenters. The first-order valence-electron chi connectivity index (χ1n) is 9.25. The summed E-state index contributed by atoms with van der Waals surface area (Å²) in [6.07, 6.45) is -0.918. The number of oxime groups is 1. The molecule has 1 aliphatic carbocycles. The second-order valence-corrected chi connectivity index (χ2v) is 7.43. The highest BCUT2D eigenvalue weighted by Crippen LogP contribution is 2.44. The highest BCUT2D eigenvalue weighted by molar-refractivity contribution is 6.65. The molecule has 1 aliphatic heterocycles. The molecule has 4 rings (SSSR count). The first kappa shape index (κ1) is 19.3. The lowest BCUT2D eigenvalue weighted by Gasteiger charge is -2.18. The van der Waals surface area contributed by atoms with Crippen LogP contribution in [0.2, 0.25) is 0 Å². The van der Waals surface area contributed by atoms with Crippen LogP contribution in [0, 0.1) is 0 Å². The van der Waals surface area contributed by atoms with Gasteiger partial charge in [-0.05, 0) is 22.3 Å². The quantitative estimate of drug-likeness (QED) is 0.751. The third kappa shape index (κ3) is 4.05. The Morgan fingerprint density at radius 3 is 2.34 bits per heavy atom. The van der Waals surface area contributed by atoms with Crippen molar-refractivity contribution < 1.29 is 24.3 Å². The minimum atomic E-state index is -1.18. The smallest absolute Gasteiger partial charge is 0.407 e. The number of carbonyl (C=O) groups is 2. The van der Waals surface area contributed by atoms with E-state index in [0.717, 1.165) is 22.3 Å². The molecule has 29 heavy (non-hydrogen) atoms. The van der Waals surface area contributed by atoms with Crippen LogP contribution in [0.5, 0.6) is 0 Å². The number of fused-ring (bicyclic) bond motifs is 3. The number of hydrogen-bond acceptors (Lipinski definition) is 5. The summed E-state index contributed by atoms with van der Waals surface area (Å²) in [5, 5.41) is 15.7. The summed E-state index contributed by atoms with van der Waals surface area (Å²) < 4.78 is 5.40. The monoisotopic (exact) mass is 414 g/mol. The molecular formula is C21H19ClN2O5. The zero-order chi connectivity index (χ0) is 20.4. The Hall–Kier alpha value is -3.06. The number of carboxylic acids is 1. The number of amides is 1. The predicted octanol–water partition coefficient (Wildman–Crippen LogP) is 3.71. The summed E-state index contributed by atoms with van der Waals surface area (Å²) in [4.78, 5) is 28.8. The van der Waals surface area contributed by atoms with E-state index in [4.69, 9.17) is 21.2 Å². The second kappa shape index (κ2) is 8.13. The van der Waals surface area contributed by atoms with Gasteiger partial charge in [-0.3, -0.25) is 0 Å². The number of alkyl carbamates (subject to hydrolysis) is 1.